The maximum absolute atomic E-state index is 11.9. The molecule has 0 unspecified atom stereocenters. The Morgan fingerprint density at radius 1 is 1.16 bits per heavy atom. The normalized spacial score (nSPS) is 15.0. The van der Waals surface area contributed by atoms with Gasteiger partial charge in [0, 0.05) is 35.5 Å². The van der Waals surface area contributed by atoms with E-state index in [1.807, 2.05) is 19.1 Å². The molecule has 7 nitrogen and oxygen atoms in total. The molecule has 4 heterocycles. The van der Waals surface area contributed by atoms with E-state index < -0.39 is 0 Å². The first-order valence-electron chi connectivity index (χ1n) is 10.8. The fraction of sp³-hybridized carbons (Fsp3) is 0.375. The first-order valence-corrected chi connectivity index (χ1v) is 11.6. The van der Waals surface area contributed by atoms with Gasteiger partial charge in [0.1, 0.15) is 22.0 Å². The molecule has 0 atom stereocenters. The molecule has 8 heteroatoms. The monoisotopic (exact) mass is 451 g/mol. The molecule has 0 amide bonds. The molecule has 32 heavy (non-hydrogen) atoms. The van der Waals surface area contributed by atoms with E-state index in [0.717, 1.165) is 65.3 Å². The van der Waals surface area contributed by atoms with Crippen molar-refractivity contribution in [2.24, 2.45) is 0 Å². The number of benzene rings is 1. The van der Waals surface area contributed by atoms with Crippen molar-refractivity contribution in [1.29, 1.82) is 0 Å². The summed E-state index contributed by atoms with van der Waals surface area (Å²) in [6.07, 6.45) is 0.757. The van der Waals surface area contributed by atoms with Gasteiger partial charge in [-0.1, -0.05) is 6.92 Å². The van der Waals surface area contributed by atoms with E-state index >= 15 is 0 Å². The zero-order valence-electron chi connectivity index (χ0n) is 18.4. The van der Waals surface area contributed by atoms with E-state index in [0.29, 0.717) is 23.8 Å². The lowest BCUT2D eigenvalue weighted by Gasteiger charge is -2.25. The zero-order valence-corrected chi connectivity index (χ0v) is 19.3. The number of hydrogen-bond acceptors (Lipinski definition) is 8. The van der Waals surface area contributed by atoms with Gasteiger partial charge in [-0.15, -0.1) is 11.3 Å². The lowest BCUT2D eigenvalue weighted by atomic mass is 10.1. The van der Waals surface area contributed by atoms with Crippen LogP contribution < -0.4 is 10.4 Å². The van der Waals surface area contributed by atoms with Gasteiger partial charge in [0.2, 0.25) is 5.88 Å². The Morgan fingerprint density at radius 2 is 1.97 bits per heavy atom. The van der Waals surface area contributed by atoms with Gasteiger partial charge in [0.05, 0.1) is 25.1 Å². The van der Waals surface area contributed by atoms with Gasteiger partial charge in [-0.3, -0.25) is 4.90 Å². The number of nitrogens with zero attached hydrogens (tertiary/aromatic N) is 3. The molecule has 1 aliphatic rings. The summed E-state index contributed by atoms with van der Waals surface area (Å²) in [5.41, 5.74) is 2.25. The summed E-state index contributed by atoms with van der Waals surface area (Å²) in [5, 5.41) is 1.85. The van der Waals surface area contributed by atoms with Crippen LogP contribution in [0.15, 0.2) is 33.5 Å². The van der Waals surface area contributed by atoms with Gasteiger partial charge in [-0.05, 0) is 43.5 Å². The number of morpholine rings is 1. The van der Waals surface area contributed by atoms with Crippen LogP contribution >= 0.6 is 11.3 Å². The van der Waals surface area contributed by atoms with Gasteiger partial charge in [0.25, 0.3) is 0 Å². The summed E-state index contributed by atoms with van der Waals surface area (Å²) in [7, 11) is 0. The minimum absolute atomic E-state index is 0.354. The maximum atomic E-state index is 11.9. The van der Waals surface area contributed by atoms with Gasteiger partial charge >= 0.3 is 5.63 Å². The number of aryl methyl sites for hydroxylation is 3. The van der Waals surface area contributed by atoms with Crippen molar-refractivity contribution in [3.63, 3.8) is 0 Å². The van der Waals surface area contributed by atoms with Crippen LogP contribution in [0.2, 0.25) is 0 Å². The average Bonchev–Trinajstić information content (AvgIpc) is 3.07. The lowest BCUT2D eigenvalue weighted by Crippen LogP contribution is -2.36. The van der Waals surface area contributed by atoms with Gasteiger partial charge < -0.3 is 13.9 Å². The Labute approximate surface area is 189 Å². The molecule has 4 aromatic rings. The molecule has 3 aromatic heterocycles. The van der Waals surface area contributed by atoms with Crippen molar-refractivity contribution < 1.29 is 13.9 Å². The van der Waals surface area contributed by atoms with E-state index in [1.54, 1.807) is 23.5 Å². The van der Waals surface area contributed by atoms with Crippen LogP contribution in [0.3, 0.4) is 0 Å². The highest BCUT2D eigenvalue weighted by Gasteiger charge is 2.19. The summed E-state index contributed by atoms with van der Waals surface area (Å²) < 4.78 is 17.2. The molecule has 1 aromatic carbocycles. The molecule has 1 fully saturated rings. The molecule has 0 N–H and O–H groups in total. The van der Waals surface area contributed by atoms with Crippen LogP contribution in [0.4, 0.5) is 0 Å². The van der Waals surface area contributed by atoms with Gasteiger partial charge in [-0.25, -0.2) is 9.78 Å². The highest BCUT2D eigenvalue weighted by Crippen LogP contribution is 2.37. The van der Waals surface area contributed by atoms with Crippen LogP contribution in [0, 0.1) is 13.8 Å². The Kier molecular flexibility index (Phi) is 5.67. The molecule has 0 spiro atoms. The molecule has 0 bridgehead atoms. The summed E-state index contributed by atoms with van der Waals surface area (Å²) in [4.78, 5) is 26.0. The largest absolute Gasteiger partial charge is 0.438 e. The van der Waals surface area contributed by atoms with E-state index in [-0.39, 0.29) is 5.63 Å². The topological polar surface area (TPSA) is 77.7 Å². The van der Waals surface area contributed by atoms with Crippen molar-refractivity contribution in [3.8, 4) is 11.6 Å². The number of ether oxygens (including phenoxy) is 2. The third kappa shape index (κ3) is 4.01. The molecule has 5 rings (SSSR count). The second-order valence-electron chi connectivity index (χ2n) is 8.00. The number of rotatable bonds is 5. The summed E-state index contributed by atoms with van der Waals surface area (Å²) in [6, 6.07) is 7.14. The highest BCUT2D eigenvalue weighted by atomic mass is 32.1. The first-order chi connectivity index (χ1) is 15.5. The van der Waals surface area contributed by atoms with Gasteiger partial charge in [-0.2, -0.15) is 4.98 Å². The van der Waals surface area contributed by atoms with Crippen LogP contribution in [-0.2, 0) is 17.7 Å². The first kappa shape index (κ1) is 21.1. The summed E-state index contributed by atoms with van der Waals surface area (Å²) in [6.45, 7) is 10.0. The second-order valence-corrected chi connectivity index (χ2v) is 9.20. The predicted octanol–water partition coefficient (Wildman–Crippen LogP) is 4.60. The smallest absolute Gasteiger partial charge is 0.336 e. The van der Waals surface area contributed by atoms with E-state index in [2.05, 4.69) is 18.7 Å². The van der Waals surface area contributed by atoms with Crippen LogP contribution in [0.5, 0.6) is 11.6 Å². The fourth-order valence-electron chi connectivity index (χ4n) is 4.04. The average molecular weight is 452 g/mol. The van der Waals surface area contributed by atoms with Crippen molar-refractivity contribution in [2.75, 3.05) is 26.3 Å². The quantitative estimate of drug-likeness (QED) is 0.410. The zero-order chi connectivity index (χ0) is 22.2. The standard InChI is InChI=1S/C24H25N3O4S/c1-4-16-11-21(28)31-19-12-17(5-6-18(16)19)30-23-22-14(2)15(3)32-24(22)26-20(25-23)13-27-7-9-29-10-8-27/h5-6,11-12H,4,7-10,13H2,1-3H3. The minimum Gasteiger partial charge on any atom is -0.438 e. The Balaban J connectivity index is 1.55. The molecule has 1 aliphatic heterocycles. The minimum atomic E-state index is -0.354. The molecule has 0 aliphatic carbocycles. The number of hydrogen-bond donors (Lipinski definition) is 0. The Bertz CT molecular complexity index is 1360. The molecular weight excluding hydrogens is 426 g/mol. The number of thiophene rings is 1. The third-order valence-electron chi connectivity index (χ3n) is 5.91. The number of aromatic nitrogens is 2. The van der Waals surface area contributed by atoms with Crippen LogP contribution in [0.25, 0.3) is 21.2 Å². The summed E-state index contributed by atoms with van der Waals surface area (Å²) >= 11 is 1.65. The van der Waals surface area contributed by atoms with Crippen LogP contribution in [0.1, 0.15) is 28.8 Å². The maximum Gasteiger partial charge on any atom is 0.336 e. The third-order valence-corrected chi connectivity index (χ3v) is 7.01. The molecular formula is C24H25N3O4S. The second kappa shape index (κ2) is 8.61. The van der Waals surface area contributed by atoms with E-state index in [4.69, 9.17) is 23.9 Å². The Morgan fingerprint density at radius 3 is 2.75 bits per heavy atom. The molecule has 166 valence electrons. The fourth-order valence-corrected chi connectivity index (χ4v) is 5.08. The van der Waals surface area contributed by atoms with Crippen LogP contribution in [-0.4, -0.2) is 41.2 Å². The van der Waals surface area contributed by atoms with Crippen molar-refractivity contribution >= 4 is 32.5 Å². The SMILES string of the molecule is CCc1cc(=O)oc2cc(Oc3nc(CN4CCOCC4)nc4sc(C)c(C)c34)ccc12. The lowest BCUT2D eigenvalue weighted by molar-refractivity contribution is 0.0330. The van der Waals surface area contributed by atoms with E-state index in [1.165, 1.54) is 4.88 Å². The predicted molar refractivity (Wildman–Crippen MR) is 125 cm³/mol. The van der Waals surface area contributed by atoms with Crippen molar-refractivity contribution in [2.45, 2.75) is 33.7 Å². The van der Waals surface area contributed by atoms with Gasteiger partial charge in [0.15, 0.2) is 0 Å². The summed E-state index contributed by atoms with van der Waals surface area (Å²) in [5.74, 6) is 1.85. The van der Waals surface area contributed by atoms with Crippen molar-refractivity contribution in [3.05, 3.63) is 56.5 Å². The Hall–Kier alpha value is -2.81. The van der Waals surface area contributed by atoms with E-state index in [9.17, 15) is 4.79 Å². The van der Waals surface area contributed by atoms with Crippen molar-refractivity contribution in [1.82, 2.24) is 14.9 Å². The molecule has 0 saturated carbocycles. The molecule has 1 saturated heterocycles. The number of fused-ring (bicyclic) bond motifs is 2. The highest BCUT2D eigenvalue weighted by molar-refractivity contribution is 7.18. The molecule has 0 radical (unpaired) electrons.